The number of likely N-dealkylation sites (tertiary alicyclic amines) is 1. The highest BCUT2D eigenvalue weighted by Crippen LogP contribution is 2.33. The summed E-state index contributed by atoms with van der Waals surface area (Å²) in [6, 6.07) is 14.5. The van der Waals surface area contributed by atoms with Crippen LogP contribution in [0.3, 0.4) is 0 Å². The molecule has 2 aliphatic heterocycles. The van der Waals surface area contributed by atoms with Crippen molar-refractivity contribution in [3.63, 3.8) is 0 Å². The van der Waals surface area contributed by atoms with Crippen LogP contribution >= 0.6 is 20.7 Å². The number of piperidine rings is 1. The summed E-state index contributed by atoms with van der Waals surface area (Å²) in [6.07, 6.45) is 6.65. The van der Waals surface area contributed by atoms with Gasteiger partial charge in [0, 0.05) is 36.3 Å². The van der Waals surface area contributed by atoms with E-state index >= 15 is 0 Å². The Morgan fingerprint density at radius 1 is 1.18 bits per heavy atom. The maximum Gasteiger partial charge on any atom is 0.141 e. The van der Waals surface area contributed by atoms with Gasteiger partial charge in [-0.1, -0.05) is 37.4 Å². The summed E-state index contributed by atoms with van der Waals surface area (Å²) in [6.45, 7) is 6.06. The van der Waals surface area contributed by atoms with Gasteiger partial charge in [-0.15, -0.1) is 5.53 Å². The van der Waals surface area contributed by atoms with E-state index in [1.165, 1.54) is 0 Å². The highest BCUT2D eigenvalue weighted by molar-refractivity contribution is 14.2. The molecule has 9 heteroatoms. The summed E-state index contributed by atoms with van der Waals surface area (Å²) in [4.78, 5) is 2.36. The Labute approximate surface area is 235 Å². The van der Waals surface area contributed by atoms with Crippen molar-refractivity contribution in [1.82, 2.24) is 15.9 Å². The summed E-state index contributed by atoms with van der Waals surface area (Å²) < 4.78 is 16.5. The first-order valence-electron chi connectivity index (χ1n) is 13.4. The Kier molecular flexibility index (Phi) is 8.59. The lowest BCUT2D eigenvalue weighted by Crippen LogP contribution is -2.47. The molecule has 2 aromatic rings. The molecule has 0 bridgehead atoms. The van der Waals surface area contributed by atoms with E-state index in [9.17, 15) is 10.2 Å². The van der Waals surface area contributed by atoms with Crippen molar-refractivity contribution in [2.45, 2.75) is 61.9 Å². The number of hydrogen-bond acceptors (Lipinski definition) is 8. The zero-order chi connectivity index (χ0) is 26.7. The number of nitrogens with zero attached hydrogens (tertiary/aromatic N) is 2. The predicted molar refractivity (Wildman–Crippen MR) is 160 cm³/mol. The second kappa shape index (κ2) is 11.9. The summed E-state index contributed by atoms with van der Waals surface area (Å²) in [5.41, 5.74) is 9.57. The van der Waals surface area contributed by atoms with Gasteiger partial charge >= 0.3 is 0 Å². The Bertz CT molecular complexity index is 1150. The molecule has 1 saturated carbocycles. The largest absolute Gasteiger partial charge is 0.490 e. The molecule has 1 unspecified atom stereocenters. The van der Waals surface area contributed by atoms with E-state index in [1.54, 1.807) is 6.92 Å². The van der Waals surface area contributed by atoms with Crippen LogP contribution in [0, 0.1) is 5.92 Å². The zero-order valence-electron chi connectivity index (χ0n) is 22.2. The van der Waals surface area contributed by atoms with Gasteiger partial charge in [0.25, 0.3) is 0 Å². The fraction of sp³-hybridized carbons (Fsp3) is 0.483. The Morgan fingerprint density at radius 3 is 2.68 bits per heavy atom. The highest BCUT2D eigenvalue weighted by atomic mass is 127. The topological polar surface area (TPSA) is 89.5 Å². The minimum Gasteiger partial charge on any atom is -0.490 e. The van der Waals surface area contributed by atoms with E-state index in [4.69, 9.17) is 9.47 Å². The predicted octanol–water partition coefficient (Wildman–Crippen LogP) is 4.14. The number of ether oxygens (including phenoxy) is 2. The summed E-state index contributed by atoms with van der Waals surface area (Å²) in [5, 5.41) is 22.2. The second-order valence-corrected chi connectivity index (χ2v) is 13.3. The number of alkyl halides is 1. The van der Waals surface area contributed by atoms with Crippen LogP contribution in [0.5, 0.6) is 11.5 Å². The van der Waals surface area contributed by atoms with E-state index in [-0.39, 0.29) is 37.4 Å². The van der Waals surface area contributed by atoms with E-state index < -0.39 is 5.60 Å². The lowest BCUT2D eigenvalue weighted by molar-refractivity contribution is -0.0697. The van der Waals surface area contributed by atoms with Crippen molar-refractivity contribution >= 4 is 36.6 Å². The number of benzene rings is 2. The lowest BCUT2D eigenvalue weighted by Gasteiger charge is -2.39. The first kappa shape index (κ1) is 27.4. The molecule has 2 fully saturated rings. The lowest BCUT2D eigenvalue weighted by atomic mass is 9.83. The summed E-state index contributed by atoms with van der Waals surface area (Å²) in [7, 11) is 0. The van der Waals surface area contributed by atoms with E-state index in [2.05, 4.69) is 45.5 Å². The smallest absolute Gasteiger partial charge is 0.141 e. The average Bonchev–Trinajstić information content (AvgIpc) is 3.61. The number of rotatable bonds is 11. The normalized spacial score (nSPS) is 22.4. The van der Waals surface area contributed by atoms with Gasteiger partial charge in [0.05, 0.1) is 29.7 Å². The van der Waals surface area contributed by atoms with Crippen LogP contribution in [0.1, 0.15) is 50.7 Å². The molecule has 1 aliphatic carbocycles. The number of halogens is 1. The standard InChI is InChI=1S/C29H39IN4O4/c1-20(30-3)37-28-15-21(6-7-22(28)16-33-14-4-5-23(17-33)29(2,36)19-35)27-18-34(32-31-27)24-8-10-25(11-9-24)38-26-12-13-26/h6-11,15,18,20,23,26,31-32,35-36H,3-5,12-14,16-17,19H2,1-2H3/t20?,23-,29+/m0/s1. The van der Waals surface area contributed by atoms with Crippen LogP contribution in [0.4, 0.5) is 5.69 Å². The minimum absolute atomic E-state index is 0.0498. The van der Waals surface area contributed by atoms with Crippen LogP contribution in [0.15, 0.2) is 48.7 Å². The van der Waals surface area contributed by atoms with E-state index in [1.807, 2.05) is 35.5 Å². The van der Waals surface area contributed by atoms with E-state index in [0.717, 1.165) is 79.3 Å². The fourth-order valence-corrected chi connectivity index (χ4v) is 5.36. The molecule has 0 radical (unpaired) electrons. The Morgan fingerprint density at radius 2 is 1.97 bits per heavy atom. The average molecular weight is 635 g/mol. The molecule has 3 aliphatic rings. The van der Waals surface area contributed by atoms with Gasteiger partial charge in [0.2, 0.25) is 0 Å². The molecule has 5 rings (SSSR count). The summed E-state index contributed by atoms with van der Waals surface area (Å²) >= 11 is -0.312. The van der Waals surface area contributed by atoms with Crippen molar-refractivity contribution in [2.75, 3.05) is 24.7 Å². The quantitative estimate of drug-likeness (QED) is 0.217. The molecular formula is C29H39IN4O4. The highest BCUT2D eigenvalue weighted by Gasteiger charge is 2.35. The van der Waals surface area contributed by atoms with Gasteiger partial charge < -0.3 is 25.1 Å². The van der Waals surface area contributed by atoms with E-state index in [0.29, 0.717) is 6.10 Å². The van der Waals surface area contributed by atoms with Crippen LogP contribution < -0.4 is 25.4 Å². The molecule has 3 atom stereocenters. The number of nitrogens with one attached hydrogen (secondary N) is 2. The molecule has 0 amide bonds. The molecule has 0 aromatic heterocycles. The molecular weight excluding hydrogens is 595 g/mol. The number of aliphatic hydroxyl groups is 2. The third-order valence-electron chi connectivity index (χ3n) is 7.50. The number of hydrazine groups is 2. The monoisotopic (exact) mass is 634 g/mol. The van der Waals surface area contributed by atoms with Crippen LogP contribution in [-0.4, -0.2) is 55.1 Å². The van der Waals surface area contributed by atoms with Crippen molar-refractivity contribution < 1.29 is 19.7 Å². The van der Waals surface area contributed by atoms with Gasteiger partial charge in [0.1, 0.15) is 15.6 Å². The molecule has 0 spiro atoms. The Hall–Kier alpha value is -2.18. The van der Waals surface area contributed by atoms with Crippen molar-refractivity contribution in [2.24, 2.45) is 5.92 Å². The first-order valence-corrected chi connectivity index (χ1v) is 16.1. The fourth-order valence-electron chi connectivity index (χ4n) is 4.91. The maximum absolute atomic E-state index is 10.6. The van der Waals surface area contributed by atoms with Crippen LogP contribution in [0.2, 0.25) is 0 Å². The molecule has 38 heavy (non-hydrogen) atoms. The third kappa shape index (κ3) is 6.69. The van der Waals surface area contributed by atoms with Gasteiger partial charge in [0.15, 0.2) is 0 Å². The van der Waals surface area contributed by atoms with Crippen molar-refractivity contribution in [1.29, 1.82) is 0 Å². The zero-order valence-corrected chi connectivity index (χ0v) is 24.4. The van der Waals surface area contributed by atoms with Gasteiger partial charge in [-0.25, -0.2) is 0 Å². The van der Waals surface area contributed by atoms with Gasteiger partial charge in [-0.2, -0.15) is 0 Å². The Balaban J connectivity index is 1.31. The molecule has 2 heterocycles. The number of aliphatic hydroxyl groups excluding tert-OH is 1. The molecule has 1 saturated heterocycles. The van der Waals surface area contributed by atoms with Gasteiger partial charge in [-0.05, 0) is 76.4 Å². The second-order valence-electron chi connectivity index (χ2n) is 10.7. The summed E-state index contributed by atoms with van der Waals surface area (Å²) in [5.74, 6) is 1.83. The number of hydrogen-bond donors (Lipinski definition) is 4. The van der Waals surface area contributed by atoms with Crippen LogP contribution in [0.25, 0.3) is 5.70 Å². The molecule has 8 nitrogen and oxygen atoms in total. The van der Waals surface area contributed by atoms with Crippen molar-refractivity contribution in [3.8, 4) is 11.5 Å². The number of anilines is 1. The van der Waals surface area contributed by atoms with Crippen LogP contribution in [-0.2, 0) is 6.54 Å². The van der Waals surface area contributed by atoms with Gasteiger partial charge in [-0.3, -0.25) is 9.91 Å². The third-order valence-corrected chi connectivity index (χ3v) is 8.99. The molecule has 2 aromatic carbocycles. The molecule has 4 N–H and O–H groups in total. The van der Waals surface area contributed by atoms with Crippen molar-refractivity contribution in [3.05, 3.63) is 59.8 Å². The first-order chi connectivity index (χ1) is 18.3. The molecule has 206 valence electrons. The minimum atomic E-state index is -1.06. The SMILES string of the molecule is C=IC(C)Oc1cc(C2=CN(c3ccc(OC4CC4)cc3)NN2)ccc1CN1CCC[C@H]([C@](C)(O)CO)C1. The maximum atomic E-state index is 10.6.